The number of amides is 3. The fourth-order valence-electron chi connectivity index (χ4n) is 2.18. The van der Waals surface area contributed by atoms with Crippen molar-refractivity contribution < 1.29 is 19.5 Å². The van der Waals surface area contributed by atoms with Crippen LogP contribution >= 0.6 is 0 Å². The Morgan fingerprint density at radius 1 is 1.26 bits per heavy atom. The molecule has 3 amide bonds. The van der Waals surface area contributed by atoms with Crippen LogP contribution in [0.4, 0.5) is 4.79 Å². The largest absolute Gasteiger partial charge is 0.481 e. The zero-order chi connectivity index (χ0) is 14.3. The smallest absolute Gasteiger partial charge is 0.318 e. The first-order valence-corrected chi connectivity index (χ1v) is 6.58. The summed E-state index contributed by atoms with van der Waals surface area (Å²) in [5, 5.41) is 11.2. The van der Waals surface area contributed by atoms with Crippen LogP contribution in [0.5, 0.6) is 0 Å². The van der Waals surface area contributed by atoms with Gasteiger partial charge in [-0.05, 0) is 25.7 Å². The molecule has 1 heterocycles. The van der Waals surface area contributed by atoms with Gasteiger partial charge in [-0.3, -0.25) is 9.59 Å². The molecule has 1 aliphatic heterocycles. The topological polar surface area (TPSA) is 113 Å². The van der Waals surface area contributed by atoms with E-state index >= 15 is 0 Å². The monoisotopic (exact) mass is 271 g/mol. The average Bonchev–Trinajstić information content (AvgIpc) is 2.82. The van der Waals surface area contributed by atoms with Crippen LogP contribution in [0.2, 0.25) is 0 Å². The lowest BCUT2D eigenvalue weighted by Gasteiger charge is -2.22. The molecular weight excluding hydrogens is 250 g/mol. The number of nitrogens with one attached hydrogen (secondary N) is 1. The maximum absolute atomic E-state index is 11.8. The normalized spacial score (nSPS) is 18.3. The number of rotatable bonds is 7. The lowest BCUT2D eigenvalue weighted by atomic mass is 10.2. The van der Waals surface area contributed by atoms with Crippen LogP contribution in [0.1, 0.15) is 38.5 Å². The van der Waals surface area contributed by atoms with Crippen LogP contribution < -0.4 is 11.1 Å². The Morgan fingerprint density at radius 2 is 2.00 bits per heavy atom. The van der Waals surface area contributed by atoms with Crippen LogP contribution in [0.25, 0.3) is 0 Å². The summed E-state index contributed by atoms with van der Waals surface area (Å²) in [6.07, 6.45) is 3.67. The van der Waals surface area contributed by atoms with E-state index in [4.69, 9.17) is 10.8 Å². The zero-order valence-corrected chi connectivity index (χ0v) is 10.9. The molecule has 108 valence electrons. The second-order valence-corrected chi connectivity index (χ2v) is 4.69. The Morgan fingerprint density at radius 3 is 2.63 bits per heavy atom. The predicted molar refractivity (Wildman–Crippen MR) is 68.4 cm³/mol. The van der Waals surface area contributed by atoms with E-state index in [0.717, 1.165) is 19.3 Å². The number of hydrogen-bond acceptors (Lipinski definition) is 3. The van der Waals surface area contributed by atoms with Gasteiger partial charge in [0, 0.05) is 19.5 Å². The third-order valence-electron chi connectivity index (χ3n) is 3.19. The molecule has 1 aliphatic rings. The number of carboxylic acids is 1. The lowest BCUT2D eigenvalue weighted by molar-refractivity contribution is -0.137. The van der Waals surface area contributed by atoms with Crippen LogP contribution in [0.15, 0.2) is 0 Å². The number of urea groups is 1. The third-order valence-corrected chi connectivity index (χ3v) is 3.19. The number of likely N-dealkylation sites (tertiary alicyclic amines) is 1. The SMILES string of the molecule is NC(=O)C1CCCN1C(=O)NCCCCCC(=O)O. The van der Waals surface area contributed by atoms with Gasteiger partial charge in [-0.2, -0.15) is 0 Å². The van der Waals surface area contributed by atoms with E-state index in [2.05, 4.69) is 5.32 Å². The maximum atomic E-state index is 11.8. The fraction of sp³-hybridized carbons (Fsp3) is 0.750. The first kappa shape index (κ1) is 15.3. The molecule has 0 aromatic heterocycles. The Hall–Kier alpha value is -1.79. The fourth-order valence-corrected chi connectivity index (χ4v) is 2.18. The van der Waals surface area contributed by atoms with Crippen molar-refractivity contribution in [2.75, 3.05) is 13.1 Å². The standard InChI is InChI=1S/C12H21N3O4/c13-11(18)9-5-4-8-15(9)12(19)14-7-3-1-2-6-10(16)17/h9H,1-8H2,(H2,13,18)(H,14,19)(H,16,17). The maximum Gasteiger partial charge on any atom is 0.318 e. The molecule has 19 heavy (non-hydrogen) atoms. The summed E-state index contributed by atoms with van der Waals surface area (Å²) in [4.78, 5) is 34.7. The number of carbonyl (C=O) groups excluding carboxylic acids is 2. The van der Waals surface area contributed by atoms with E-state index in [1.807, 2.05) is 0 Å². The molecule has 7 nitrogen and oxygen atoms in total. The van der Waals surface area contributed by atoms with Gasteiger partial charge in [-0.25, -0.2) is 4.79 Å². The number of nitrogens with zero attached hydrogens (tertiary/aromatic N) is 1. The molecule has 0 aromatic carbocycles. The molecule has 1 atom stereocenters. The highest BCUT2D eigenvalue weighted by Gasteiger charge is 2.32. The van der Waals surface area contributed by atoms with E-state index < -0.39 is 17.9 Å². The van der Waals surface area contributed by atoms with Gasteiger partial charge in [-0.15, -0.1) is 0 Å². The highest BCUT2D eigenvalue weighted by Crippen LogP contribution is 2.16. The zero-order valence-electron chi connectivity index (χ0n) is 10.9. The minimum atomic E-state index is -0.801. The van der Waals surface area contributed by atoms with Gasteiger partial charge < -0.3 is 21.1 Å². The number of primary amides is 1. The summed E-state index contributed by atoms with van der Waals surface area (Å²) in [5.74, 6) is -1.26. The molecule has 0 aliphatic carbocycles. The lowest BCUT2D eigenvalue weighted by Crippen LogP contribution is -2.48. The number of carboxylic acid groups (broad SMARTS) is 1. The molecule has 4 N–H and O–H groups in total. The van der Waals surface area contributed by atoms with Gasteiger partial charge in [0.25, 0.3) is 0 Å². The molecule has 0 radical (unpaired) electrons. The van der Waals surface area contributed by atoms with Crippen molar-refractivity contribution >= 4 is 17.9 Å². The van der Waals surface area contributed by atoms with Crippen molar-refractivity contribution in [3.63, 3.8) is 0 Å². The van der Waals surface area contributed by atoms with Crippen LogP contribution in [-0.2, 0) is 9.59 Å². The molecule has 7 heteroatoms. The Bertz CT molecular complexity index is 346. The molecule has 0 bridgehead atoms. The van der Waals surface area contributed by atoms with Crippen LogP contribution in [0, 0.1) is 0 Å². The van der Waals surface area contributed by atoms with Gasteiger partial charge in [0.05, 0.1) is 0 Å². The van der Waals surface area contributed by atoms with Gasteiger partial charge in [0.2, 0.25) is 5.91 Å². The molecular formula is C12H21N3O4. The van der Waals surface area contributed by atoms with Crippen LogP contribution in [-0.4, -0.2) is 47.0 Å². The van der Waals surface area contributed by atoms with Crippen molar-refractivity contribution in [1.82, 2.24) is 10.2 Å². The van der Waals surface area contributed by atoms with Crippen molar-refractivity contribution in [3.05, 3.63) is 0 Å². The number of nitrogens with two attached hydrogens (primary N) is 1. The number of carbonyl (C=O) groups is 3. The van der Waals surface area contributed by atoms with E-state index in [0.29, 0.717) is 25.9 Å². The van der Waals surface area contributed by atoms with Crippen molar-refractivity contribution in [2.24, 2.45) is 5.73 Å². The Labute approximate surface area is 112 Å². The van der Waals surface area contributed by atoms with E-state index in [1.54, 1.807) is 0 Å². The molecule has 0 saturated carbocycles. The van der Waals surface area contributed by atoms with E-state index in [-0.39, 0.29) is 12.5 Å². The first-order valence-electron chi connectivity index (χ1n) is 6.58. The molecule has 0 spiro atoms. The number of unbranched alkanes of at least 4 members (excludes halogenated alkanes) is 2. The predicted octanol–water partition coefficient (Wildman–Crippen LogP) is 0.291. The Kier molecular flexibility index (Phi) is 6.11. The summed E-state index contributed by atoms with van der Waals surface area (Å²) in [7, 11) is 0. The van der Waals surface area contributed by atoms with Gasteiger partial charge >= 0.3 is 12.0 Å². The van der Waals surface area contributed by atoms with Crippen molar-refractivity contribution in [3.8, 4) is 0 Å². The third kappa shape index (κ3) is 5.15. The molecule has 1 fully saturated rings. The summed E-state index contributed by atoms with van der Waals surface area (Å²) in [6, 6.07) is -0.758. The molecule has 1 saturated heterocycles. The second kappa shape index (κ2) is 7.60. The molecule has 1 rings (SSSR count). The van der Waals surface area contributed by atoms with Crippen molar-refractivity contribution in [1.29, 1.82) is 0 Å². The van der Waals surface area contributed by atoms with E-state index in [9.17, 15) is 14.4 Å². The summed E-state index contributed by atoms with van der Waals surface area (Å²) in [6.45, 7) is 1.04. The van der Waals surface area contributed by atoms with Gasteiger partial charge in [-0.1, -0.05) is 6.42 Å². The second-order valence-electron chi connectivity index (χ2n) is 4.69. The summed E-state index contributed by atoms with van der Waals surface area (Å²) in [5.41, 5.74) is 5.23. The summed E-state index contributed by atoms with van der Waals surface area (Å²) < 4.78 is 0. The molecule has 0 aromatic rings. The van der Waals surface area contributed by atoms with Gasteiger partial charge in [0.1, 0.15) is 6.04 Å². The van der Waals surface area contributed by atoms with E-state index in [1.165, 1.54) is 4.90 Å². The quantitative estimate of drug-likeness (QED) is 0.577. The molecule has 1 unspecified atom stereocenters. The minimum absolute atomic E-state index is 0.157. The minimum Gasteiger partial charge on any atom is -0.481 e. The average molecular weight is 271 g/mol. The highest BCUT2D eigenvalue weighted by molar-refractivity contribution is 5.86. The highest BCUT2D eigenvalue weighted by atomic mass is 16.4. The first-order chi connectivity index (χ1) is 9.02. The Balaban J connectivity index is 2.17. The number of aliphatic carboxylic acids is 1. The van der Waals surface area contributed by atoms with Crippen molar-refractivity contribution in [2.45, 2.75) is 44.6 Å². The van der Waals surface area contributed by atoms with Gasteiger partial charge in [0.15, 0.2) is 0 Å². The number of hydrogen-bond donors (Lipinski definition) is 3. The summed E-state index contributed by atoms with van der Waals surface area (Å²) >= 11 is 0. The van der Waals surface area contributed by atoms with Crippen LogP contribution in [0.3, 0.4) is 0 Å².